The Balaban J connectivity index is 2.94. The van der Waals surface area contributed by atoms with E-state index in [-0.39, 0.29) is 11.7 Å². The number of halogens is 1. The van der Waals surface area contributed by atoms with Crippen molar-refractivity contribution in [3.05, 3.63) is 27.8 Å². The van der Waals surface area contributed by atoms with Gasteiger partial charge in [0.25, 0.3) is 0 Å². The first-order chi connectivity index (χ1) is 8.43. The van der Waals surface area contributed by atoms with Crippen LogP contribution in [-0.4, -0.2) is 17.0 Å². The van der Waals surface area contributed by atoms with Crippen LogP contribution >= 0.6 is 22.6 Å². The van der Waals surface area contributed by atoms with Gasteiger partial charge in [-0.3, -0.25) is 4.79 Å². The van der Waals surface area contributed by atoms with Crippen molar-refractivity contribution in [1.29, 1.82) is 0 Å². The molecule has 0 aromatic heterocycles. The Morgan fingerprint density at radius 2 is 2.28 bits per heavy atom. The van der Waals surface area contributed by atoms with Gasteiger partial charge in [-0.05, 0) is 54.1 Å². The van der Waals surface area contributed by atoms with Crippen LogP contribution in [0.5, 0.6) is 0 Å². The van der Waals surface area contributed by atoms with E-state index in [1.807, 2.05) is 25.1 Å². The lowest BCUT2D eigenvalue weighted by Gasteiger charge is -2.25. The van der Waals surface area contributed by atoms with Crippen molar-refractivity contribution in [3.8, 4) is 0 Å². The number of hydrogen-bond acceptors (Lipinski definition) is 3. The largest absolute Gasteiger partial charge is 0.409 e. The summed E-state index contributed by atoms with van der Waals surface area (Å²) in [4.78, 5) is 12.2. The van der Waals surface area contributed by atoms with Crippen molar-refractivity contribution >= 4 is 40.0 Å². The fourth-order valence-corrected chi connectivity index (χ4v) is 1.95. The summed E-state index contributed by atoms with van der Waals surface area (Å²) < 4.78 is 1.02. The number of carbonyl (C=O) groups excluding carboxylic acids is 1. The third-order valence-electron chi connectivity index (χ3n) is 2.96. The Kier molecular flexibility index (Phi) is 4.94. The number of carbonyl (C=O) groups is 1. The molecule has 1 atom stereocenters. The number of oxime groups is 1. The summed E-state index contributed by atoms with van der Waals surface area (Å²) >= 11 is 2.16. The molecule has 0 heterocycles. The normalized spacial score (nSPS) is 14.9. The van der Waals surface area contributed by atoms with E-state index >= 15 is 0 Å². The molecule has 1 rings (SSSR count). The monoisotopic (exact) mass is 361 g/mol. The number of benzene rings is 1. The minimum atomic E-state index is -1.02. The topological polar surface area (TPSA) is 87.7 Å². The van der Waals surface area contributed by atoms with Gasteiger partial charge in [0.05, 0.1) is 0 Å². The number of anilines is 1. The van der Waals surface area contributed by atoms with Gasteiger partial charge in [0.15, 0.2) is 5.84 Å². The van der Waals surface area contributed by atoms with Crippen molar-refractivity contribution in [1.82, 2.24) is 0 Å². The van der Waals surface area contributed by atoms with E-state index in [9.17, 15) is 4.79 Å². The summed E-state index contributed by atoms with van der Waals surface area (Å²) in [5.74, 6) is -0.379. The van der Waals surface area contributed by atoms with Crippen LogP contribution in [0.4, 0.5) is 5.69 Å². The van der Waals surface area contributed by atoms with Crippen molar-refractivity contribution in [3.63, 3.8) is 0 Å². The summed E-state index contributed by atoms with van der Waals surface area (Å²) in [6.07, 6.45) is 0.443. The van der Waals surface area contributed by atoms with Crippen molar-refractivity contribution in [2.45, 2.75) is 20.3 Å². The molecule has 0 spiro atoms. The summed E-state index contributed by atoms with van der Waals surface area (Å²) in [7, 11) is 0. The van der Waals surface area contributed by atoms with E-state index in [0.717, 1.165) is 3.57 Å². The van der Waals surface area contributed by atoms with Gasteiger partial charge in [0, 0.05) is 9.26 Å². The maximum Gasteiger partial charge on any atom is 0.238 e. The second-order valence-corrected chi connectivity index (χ2v) is 5.38. The molecule has 0 radical (unpaired) electrons. The van der Waals surface area contributed by atoms with Crippen LogP contribution in [0.1, 0.15) is 20.3 Å². The number of amidine groups is 1. The van der Waals surface area contributed by atoms with Gasteiger partial charge >= 0.3 is 0 Å². The quantitative estimate of drug-likeness (QED) is 0.253. The zero-order chi connectivity index (χ0) is 13.8. The van der Waals surface area contributed by atoms with Crippen molar-refractivity contribution in [2.75, 3.05) is 5.32 Å². The third kappa shape index (κ3) is 3.12. The van der Waals surface area contributed by atoms with Gasteiger partial charge < -0.3 is 16.3 Å². The number of nitrogens with zero attached hydrogens (tertiary/aromatic N) is 1. The molecule has 0 saturated carbocycles. The molecule has 18 heavy (non-hydrogen) atoms. The van der Waals surface area contributed by atoms with Gasteiger partial charge in [-0.15, -0.1) is 0 Å². The molecule has 0 aliphatic carbocycles. The number of amides is 1. The zero-order valence-electron chi connectivity index (χ0n) is 10.3. The second kappa shape index (κ2) is 6.03. The Bertz CT molecular complexity index is 476. The van der Waals surface area contributed by atoms with E-state index in [1.54, 1.807) is 13.0 Å². The van der Waals surface area contributed by atoms with E-state index in [1.165, 1.54) is 0 Å². The number of hydrogen-bond donors (Lipinski definition) is 3. The highest BCUT2D eigenvalue weighted by Crippen LogP contribution is 2.24. The molecule has 1 aromatic rings. The van der Waals surface area contributed by atoms with E-state index in [4.69, 9.17) is 10.9 Å². The molecule has 1 unspecified atom stereocenters. The van der Waals surface area contributed by atoms with Gasteiger partial charge in [0.1, 0.15) is 5.41 Å². The Morgan fingerprint density at radius 1 is 1.61 bits per heavy atom. The van der Waals surface area contributed by atoms with Crippen LogP contribution in [0.25, 0.3) is 0 Å². The van der Waals surface area contributed by atoms with Gasteiger partial charge in [-0.25, -0.2) is 0 Å². The van der Waals surface area contributed by atoms with Crippen LogP contribution in [0.2, 0.25) is 0 Å². The zero-order valence-corrected chi connectivity index (χ0v) is 12.4. The molecule has 1 aromatic carbocycles. The molecule has 0 aliphatic heterocycles. The summed E-state index contributed by atoms with van der Waals surface area (Å²) in [5.41, 5.74) is 5.26. The first kappa shape index (κ1) is 14.7. The molecule has 98 valence electrons. The summed E-state index contributed by atoms with van der Waals surface area (Å²) in [6, 6.07) is 7.42. The highest BCUT2D eigenvalue weighted by molar-refractivity contribution is 14.1. The Labute approximate surface area is 120 Å². The predicted octanol–water partition coefficient (Wildman–Crippen LogP) is 2.39. The fourth-order valence-electron chi connectivity index (χ4n) is 1.40. The van der Waals surface area contributed by atoms with E-state index in [0.29, 0.717) is 12.1 Å². The fraction of sp³-hybridized carbons (Fsp3) is 0.333. The first-order valence-electron chi connectivity index (χ1n) is 5.49. The minimum absolute atomic E-state index is 0.0897. The van der Waals surface area contributed by atoms with Crippen LogP contribution < -0.4 is 11.1 Å². The molecule has 0 saturated heterocycles. The molecular formula is C12H16IN3O2. The summed E-state index contributed by atoms with van der Waals surface area (Å²) in [6.45, 7) is 3.46. The molecule has 5 nitrogen and oxygen atoms in total. The average Bonchev–Trinajstić information content (AvgIpc) is 2.36. The van der Waals surface area contributed by atoms with E-state index < -0.39 is 5.41 Å². The molecule has 1 amide bonds. The molecule has 0 bridgehead atoms. The van der Waals surface area contributed by atoms with Crippen LogP contribution in [-0.2, 0) is 4.79 Å². The lowest BCUT2D eigenvalue weighted by atomic mass is 9.85. The van der Waals surface area contributed by atoms with Crippen molar-refractivity contribution in [2.24, 2.45) is 16.3 Å². The third-order valence-corrected chi connectivity index (χ3v) is 3.63. The highest BCUT2D eigenvalue weighted by atomic mass is 127. The molecular weight excluding hydrogens is 345 g/mol. The molecule has 0 aliphatic rings. The summed E-state index contributed by atoms with van der Waals surface area (Å²) in [5, 5.41) is 14.5. The lowest BCUT2D eigenvalue weighted by Crippen LogP contribution is -2.44. The molecule has 4 N–H and O–H groups in total. The SMILES string of the molecule is CCC(C)(C(=O)Nc1cccc(I)c1)/C(N)=N/O. The van der Waals surface area contributed by atoms with Gasteiger partial charge in [-0.2, -0.15) is 0 Å². The van der Waals surface area contributed by atoms with Gasteiger partial charge in [0.2, 0.25) is 5.91 Å². The number of nitrogens with two attached hydrogens (primary N) is 1. The highest BCUT2D eigenvalue weighted by Gasteiger charge is 2.36. The maximum atomic E-state index is 12.2. The van der Waals surface area contributed by atoms with Gasteiger partial charge in [-0.1, -0.05) is 18.1 Å². The lowest BCUT2D eigenvalue weighted by molar-refractivity contribution is -0.121. The van der Waals surface area contributed by atoms with Crippen LogP contribution in [0.3, 0.4) is 0 Å². The van der Waals surface area contributed by atoms with Crippen molar-refractivity contribution < 1.29 is 10.0 Å². The minimum Gasteiger partial charge on any atom is -0.409 e. The van der Waals surface area contributed by atoms with Crippen LogP contribution in [0, 0.1) is 8.99 Å². The Hall–Kier alpha value is -1.31. The van der Waals surface area contributed by atoms with E-state index in [2.05, 4.69) is 33.1 Å². The second-order valence-electron chi connectivity index (χ2n) is 4.14. The smallest absolute Gasteiger partial charge is 0.238 e. The number of nitrogens with one attached hydrogen (secondary N) is 1. The molecule has 6 heteroatoms. The Morgan fingerprint density at radius 3 is 2.78 bits per heavy atom. The molecule has 0 fully saturated rings. The first-order valence-corrected chi connectivity index (χ1v) is 6.57. The standard InChI is InChI=1S/C12H16IN3O2/c1-3-12(2,10(14)16-18)11(17)15-9-6-4-5-8(13)7-9/h4-7,18H,3H2,1-2H3,(H2,14,16)(H,15,17). The maximum absolute atomic E-state index is 12.2. The van der Waals surface area contributed by atoms with Crippen LogP contribution in [0.15, 0.2) is 29.4 Å². The number of rotatable bonds is 4. The average molecular weight is 361 g/mol. The predicted molar refractivity (Wildman–Crippen MR) is 79.6 cm³/mol.